The van der Waals surface area contributed by atoms with Crippen molar-refractivity contribution in [2.75, 3.05) is 40.5 Å². The fourth-order valence-electron chi connectivity index (χ4n) is 3.45. The predicted octanol–water partition coefficient (Wildman–Crippen LogP) is 2.49. The molecule has 1 aromatic heterocycles. The van der Waals surface area contributed by atoms with Gasteiger partial charge in [-0.15, -0.1) is 0 Å². The maximum Gasteiger partial charge on any atom is 0.490 e. The molecule has 0 atom stereocenters. The third-order valence-electron chi connectivity index (χ3n) is 5.43. The van der Waals surface area contributed by atoms with Gasteiger partial charge in [-0.25, -0.2) is 9.59 Å². The molecule has 16 heteroatoms. The van der Waals surface area contributed by atoms with Gasteiger partial charge in [0.1, 0.15) is 6.61 Å². The van der Waals surface area contributed by atoms with E-state index in [9.17, 15) is 31.1 Å². The van der Waals surface area contributed by atoms with Crippen molar-refractivity contribution < 1.29 is 60.4 Å². The highest BCUT2D eigenvalue weighted by Gasteiger charge is 2.38. The second kappa shape index (κ2) is 14.8. The summed E-state index contributed by atoms with van der Waals surface area (Å²) in [5.41, 5.74) is 3.77. The molecule has 0 spiro atoms. The van der Waals surface area contributed by atoms with E-state index in [1.165, 1.54) is 11.1 Å². The predicted molar refractivity (Wildman–Crippen MR) is 118 cm³/mol. The van der Waals surface area contributed by atoms with Gasteiger partial charge in [0, 0.05) is 58.8 Å². The number of hydrogen-bond acceptors (Lipinski definition) is 7. The van der Waals surface area contributed by atoms with Crippen LogP contribution >= 0.6 is 0 Å². The van der Waals surface area contributed by atoms with E-state index in [-0.39, 0.29) is 12.5 Å². The molecule has 0 aromatic carbocycles. The van der Waals surface area contributed by atoms with Crippen LogP contribution in [0.2, 0.25) is 0 Å². The summed E-state index contributed by atoms with van der Waals surface area (Å²) in [6.45, 7) is 4.35. The van der Waals surface area contributed by atoms with Gasteiger partial charge in [-0.1, -0.05) is 0 Å². The summed E-state index contributed by atoms with van der Waals surface area (Å²) < 4.78 is 74.5. The Labute approximate surface area is 214 Å². The number of halogens is 6. The van der Waals surface area contributed by atoms with Crippen LogP contribution in [0.4, 0.5) is 26.3 Å². The molecule has 2 aliphatic rings. The minimum Gasteiger partial charge on any atom is -0.475 e. The van der Waals surface area contributed by atoms with Crippen molar-refractivity contribution in [1.29, 1.82) is 0 Å². The van der Waals surface area contributed by atoms with Gasteiger partial charge in [0.05, 0.1) is 6.61 Å². The number of amides is 1. The van der Waals surface area contributed by atoms with E-state index >= 15 is 0 Å². The fraction of sp³-hybridized carbons (Fsp3) is 0.636. The second-order valence-corrected chi connectivity index (χ2v) is 8.39. The van der Waals surface area contributed by atoms with E-state index in [1.807, 2.05) is 12.4 Å². The molecule has 2 N–H and O–H groups in total. The molecule has 3 rings (SSSR count). The third-order valence-corrected chi connectivity index (χ3v) is 5.43. The molecule has 0 bridgehead atoms. The topological polar surface area (TPSA) is 130 Å². The number of ether oxygens (including phenoxy) is 2. The second-order valence-electron chi connectivity index (χ2n) is 8.39. The molecule has 216 valence electrons. The van der Waals surface area contributed by atoms with Gasteiger partial charge in [0.2, 0.25) is 5.91 Å². The van der Waals surface area contributed by atoms with Crippen LogP contribution in [0.25, 0.3) is 0 Å². The molecule has 10 nitrogen and oxygen atoms in total. The molecule has 1 fully saturated rings. The summed E-state index contributed by atoms with van der Waals surface area (Å²) in [4.78, 5) is 37.9. The first kappa shape index (κ1) is 33.0. The number of nitrogens with zero attached hydrogens (tertiary/aromatic N) is 3. The zero-order valence-corrected chi connectivity index (χ0v) is 20.6. The number of carbonyl (C=O) groups is 3. The smallest absolute Gasteiger partial charge is 0.475 e. The van der Waals surface area contributed by atoms with Crippen LogP contribution < -0.4 is 0 Å². The van der Waals surface area contributed by atoms with E-state index in [1.54, 1.807) is 19.0 Å². The normalized spacial score (nSPS) is 16.2. The number of aliphatic carboxylic acids is 2. The van der Waals surface area contributed by atoms with Crippen LogP contribution in [0, 0.1) is 0 Å². The largest absolute Gasteiger partial charge is 0.490 e. The van der Waals surface area contributed by atoms with Crippen molar-refractivity contribution in [3.8, 4) is 0 Å². The minimum absolute atomic E-state index is 0.0153. The van der Waals surface area contributed by atoms with Crippen molar-refractivity contribution >= 4 is 17.8 Å². The highest BCUT2D eigenvalue weighted by atomic mass is 19.4. The summed E-state index contributed by atoms with van der Waals surface area (Å²) in [5.74, 6) is -5.53. The first-order valence-electron chi connectivity index (χ1n) is 11.2. The number of rotatable bonds is 5. The number of hydrogen-bond donors (Lipinski definition) is 2. The van der Waals surface area contributed by atoms with Gasteiger partial charge in [0.25, 0.3) is 0 Å². The molecule has 0 unspecified atom stereocenters. The molecule has 0 saturated carbocycles. The number of likely N-dealkylation sites (N-methyl/N-ethyl adjacent to an activating group) is 1. The van der Waals surface area contributed by atoms with Crippen molar-refractivity contribution in [2.45, 2.75) is 50.8 Å². The third kappa shape index (κ3) is 11.6. The van der Waals surface area contributed by atoms with Crippen LogP contribution in [-0.2, 0) is 43.4 Å². The van der Waals surface area contributed by atoms with Gasteiger partial charge >= 0.3 is 24.3 Å². The van der Waals surface area contributed by atoms with Crippen molar-refractivity contribution in [3.05, 3.63) is 29.1 Å². The maximum absolute atomic E-state index is 11.6. The maximum atomic E-state index is 11.6. The number of carbonyl (C=O) groups excluding carboxylic acids is 1. The number of pyridine rings is 1. The average molecular weight is 561 g/mol. The highest BCUT2D eigenvalue weighted by molar-refractivity contribution is 5.76. The van der Waals surface area contributed by atoms with Gasteiger partial charge in [0.15, 0.2) is 0 Å². The Bertz CT molecular complexity index is 911. The summed E-state index contributed by atoms with van der Waals surface area (Å²) in [7, 11) is 3.48. The lowest BCUT2D eigenvalue weighted by atomic mass is 9.95. The number of fused-ring (bicyclic) bond motifs is 1. The molecule has 1 saturated heterocycles. The Balaban J connectivity index is 0.000000426. The van der Waals surface area contributed by atoms with E-state index in [4.69, 9.17) is 29.3 Å². The van der Waals surface area contributed by atoms with E-state index in [0.717, 1.165) is 51.1 Å². The molecular formula is C22H29F6N3O7. The lowest BCUT2D eigenvalue weighted by Crippen LogP contribution is -2.42. The van der Waals surface area contributed by atoms with Crippen molar-refractivity contribution in [3.63, 3.8) is 0 Å². The van der Waals surface area contributed by atoms with Crippen LogP contribution in [-0.4, -0.2) is 102 Å². The van der Waals surface area contributed by atoms with Crippen molar-refractivity contribution in [1.82, 2.24) is 14.8 Å². The molecule has 0 aliphatic carbocycles. The number of carboxylic acids is 2. The van der Waals surface area contributed by atoms with Crippen molar-refractivity contribution in [2.24, 2.45) is 0 Å². The molecule has 0 radical (unpaired) electrons. The fourth-order valence-corrected chi connectivity index (χ4v) is 3.45. The Morgan fingerprint density at radius 1 is 1.05 bits per heavy atom. The quantitative estimate of drug-likeness (QED) is 0.521. The Hall–Kier alpha value is -2.98. The summed E-state index contributed by atoms with van der Waals surface area (Å²) in [6, 6.07) is 0.629. The first-order valence-corrected chi connectivity index (χ1v) is 11.2. The summed E-state index contributed by atoms with van der Waals surface area (Å²) in [5, 5.41) is 14.2. The summed E-state index contributed by atoms with van der Waals surface area (Å²) in [6.07, 6.45) is -3.04. The number of aromatic nitrogens is 1. The van der Waals surface area contributed by atoms with E-state index in [2.05, 4.69) is 9.88 Å². The van der Waals surface area contributed by atoms with Gasteiger partial charge in [-0.3, -0.25) is 14.7 Å². The van der Waals surface area contributed by atoms with Crippen LogP contribution in [0.5, 0.6) is 0 Å². The first-order chi connectivity index (χ1) is 17.5. The van der Waals surface area contributed by atoms with Crippen LogP contribution in [0.3, 0.4) is 0 Å². The molecular weight excluding hydrogens is 532 g/mol. The monoisotopic (exact) mass is 561 g/mol. The Kier molecular flexibility index (Phi) is 12.9. The molecule has 38 heavy (non-hydrogen) atoms. The Morgan fingerprint density at radius 3 is 2.05 bits per heavy atom. The molecule has 1 amide bonds. The molecule has 2 aliphatic heterocycles. The minimum atomic E-state index is -5.08. The lowest BCUT2D eigenvalue weighted by molar-refractivity contribution is -0.193. The number of carboxylic acid groups (broad SMARTS) is 2. The highest BCUT2D eigenvalue weighted by Crippen LogP contribution is 2.26. The average Bonchev–Trinajstić information content (AvgIpc) is 2.83. The number of alkyl halides is 6. The van der Waals surface area contributed by atoms with Crippen LogP contribution in [0.15, 0.2) is 12.4 Å². The standard InChI is InChI=1S/C18H27N3O3.2C2HF3O2/c1-20(2)18(22)13-24-12-15-10-19-9-14-11-21(6-3-17(14)15)16-4-7-23-8-5-16;2*3-2(4,5)1(6)7/h9-10,16H,3-8,11-13H2,1-2H3;2*(H,6,7). The lowest BCUT2D eigenvalue weighted by Gasteiger charge is -2.37. The molecule has 3 heterocycles. The van der Waals surface area contributed by atoms with Gasteiger partial charge in [-0.2, -0.15) is 26.3 Å². The zero-order chi connectivity index (χ0) is 29.1. The van der Waals surface area contributed by atoms with E-state index in [0.29, 0.717) is 12.6 Å². The van der Waals surface area contributed by atoms with Gasteiger partial charge < -0.3 is 24.6 Å². The SMILES string of the molecule is CN(C)C(=O)COCc1cncc2c1CCN(C1CCOCC1)C2.O=C(O)C(F)(F)F.O=C(O)C(F)(F)F. The van der Waals surface area contributed by atoms with Crippen LogP contribution in [0.1, 0.15) is 29.5 Å². The van der Waals surface area contributed by atoms with E-state index < -0.39 is 24.3 Å². The van der Waals surface area contributed by atoms with Gasteiger partial charge in [-0.05, 0) is 36.0 Å². The summed E-state index contributed by atoms with van der Waals surface area (Å²) >= 11 is 0. The Morgan fingerprint density at radius 2 is 1.58 bits per heavy atom. The molecule has 1 aromatic rings. The zero-order valence-electron chi connectivity index (χ0n) is 20.6.